The van der Waals surface area contributed by atoms with Gasteiger partial charge in [-0.1, -0.05) is 48.5 Å². The molecule has 0 aromatic heterocycles. The maximum Gasteiger partial charge on any atom is 0.169 e. The van der Waals surface area contributed by atoms with E-state index in [4.69, 9.17) is 9.47 Å². The first-order valence-corrected chi connectivity index (χ1v) is 7.86. The number of methoxy groups -OCH3 is 1. The van der Waals surface area contributed by atoms with Crippen LogP contribution in [0.3, 0.4) is 0 Å². The molecule has 0 saturated carbocycles. The molecule has 0 fully saturated rings. The molecule has 4 heteroatoms. The van der Waals surface area contributed by atoms with E-state index in [9.17, 15) is 9.90 Å². The van der Waals surface area contributed by atoms with Crippen LogP contribution < -0.4 is 9.47 Å². The number of ether oxygens (including phenoxy) is 2. The molecule has 0 bridgehead atoms. The van der Waals surface area contributed by atoms with E-state index in [1.165, 1.54) is 7.11 Å². The van der Waals surface area contributed by atoms with Crippen LogP contribution in [0.4, 0.5) is 0 Å². The van der Waals surface area contributed by atoms with Gasteiger partial charge in [-0.3, -0.25) is 4.79 Å². The van der Waals surface area contributed by atoms with E-state index in [-0.39, 0.29) is 17.1 Å². The molecule has 4 nitrogen and oxygen atoms in total. The van der Waals surface area contributed by atoms with Crippen molar-refractivity contribution in [3.05, 3.63) is 77.9 Å². The molecule has 0 spiro atoms. The highest BCUT2D eigenvalue weighted by atomic mass is 16.5. The summed E-state index contributed by atoms with van der Waals surface area (Å²) in [5.41, 5.74) is 2.55. The zero-order valence-electron chi connectivity index (χ0n) is 13.8. The van der Waals surface area contributed by atoms with Crippen LogP contribution in [0.5, 0.6) is 17.2 Å². The Kier molecular flexibility index (Phi) is 5.00. The van der Waals surface area contributed by atoms with E-state index >= 15 is 0 Å². The first-order chi connectivity index (χ1) is 12.2. The Morgan fingerprint density at radius 3 is 2.32 bits per heavy atom. The lowest BCUT2D eigenvalue weighted by Gasteiger charge is -2.15. The average Bonchev–Trinajstić information content (AvgIpc) is 2.67. The van der Waals surface area contributed by atoms with Gasteiger partial charge >= 0.3 is 0 Å². The number of carbonyl (C=O) groups is 1. The number of hydrogen-bond donors (Lipinski definition) is 1. The third-order valence-electron chi connectivity index (χ3n) is 3.93. The Morgan fingerprint density at radius 2 is 1.60 bits per heavy atom. The fourth-order valence-corrected chi connectivity index (χ4v) is 2.66. The van der Waals surface area contributed by atoms with Crippen molar-refractivity contribution >= 4 is 6.29 Å². The molecule has 25 heavy (non-hydrogen) atoms. The Hall–Kier alpha value is -3.27. The van der Waals surface area contributed by atoms with Crippen LogP contribution in [0, 0.1) is 0 Å². The van der Waals surface area contributed by atoms with Crippen molar-refractivity contribution in [2.24, 2.45) is 0 Å². The number of aromatic hydroxyl groups is 1. The van der Waals surface area contributed by atoms with E-state index in [1.54, 1.807) is 12.1 Å². The minimum absolute atomic E-state index is 0.173. The van der Waals surface area contributed by atoms with Gasteiger partial charge in [0, 0.05) is 5.56 Å². The minimum Gasteiger partial charge on any atom is -0.504 e. The zero-order valence-corrected chi connectivity index (χ0v) is 13.8. The Balaban J connectivity index is 1.98. The monoisotopic (exact) mass is 334 g/mol. The van der Waals surface area contributed by atoms with E-state index in [0.717, 1.165) is 11.1 Å². The second-order valence-corrected chi connectivity index (χ2v) is 5.47. The van der Waals surface area contributed by atoms with Crippen molar-refractivity contribution < 1.29 is 19.4 Å². The van der Waals surface area contributed by atoms with Crippen molar-refractivity contribution in [3.63, 3.8) is 0 Å². The summed E-state index contributed by atoms with van der Waals surface area (Å²) in [7, 11) is 1.44. The van der Waals surface area contributed by atoms with E-state index in [0.29, 0.717) is 24.2 Å². The predicted octanol–water partition coefficient (Wildman–Crippen LogP) is 4.46. The van der Waals surface area contributed by atoms with Crippen molar-refractivity contribution in [2.45, 2.75) is 6.61 Å². The summed E-state index contributed by atoms with van der Waals surface area (Å²) in [5.74, 6) is 0.723. The fraction of sp³-hybridized carbons (Fsp3) is 0.0952. The largest absolute Gasteiger partial charge is 0.504 e. The lowest BCUT2D eigenvalue weighted by atomic mass is 9.98. The maximum atomic E-state index is 11.5. The Morgan fingerprint density at radius 1 is 0.880 bits per heavy atom. The highest BCUT2D eigenvalue weighted by Gasteiger charge is 2.16. The highest BCUT2D eigenvalue weighted by molar-refractivity contribution is 5.93. The van der Waals surface area contributed by atoms with Gasteiger partial charge in [-0.2, -0.15) is 0 Å². The van der Waals surface area contributed by atoms with Crippen molar-refractivity contribution in [1.29, 1.82) is 0 Å². The van der Waals surface area contributed by atoms with Crippen molar-refractivity contribution in [2.75, 3.05) is 7.11 Å². The molecule has 0 saturated heterocycles. The maximum absolute atomic E-state index is 11.5. The van der Waals surface area contributed by atoms with Crippen LogP contribution in [0.1, 0.15) is 15.9 Å². The molecule has 0 aliphatic carbocycles. The highest BCUT2D eigenvalue weighted by Crippen LogP contribution is 2.39. The van der Waals surface area contributed by atoms with Crippen LogP contribution in [-0.4, -0.2) is 18.5 Å². The first kappa shape index (κ1) is 16.6. The van der Waals surface area contributed by atoms with Crippen molar-refractivity contribution in [3.8, 4) is 28.4 Å². The summed E-state index contributed by atoms with van der Waals surface area (Å²) in [5, 5.41) is 10.2. The van der Waals surface area contributed by atoms with Gasteiger partial charge in [0.2, 0.25) is 0 Å². The third kappa shape index (κ3) is 3.48. The molecule has 0 aliphatic rings. The van der Waals surface area contributed by atoms with Gasteiger partial charge in [-0.15, -0.1) is 0 Å². The number of rotatable bonds is 6. The topological polar surface area (TPSA) is 55.8 Å². The van der Waals surface area contributed by atoms with Crippen LogP contribution in [-0.2, 0) is 6.61 Å². The van der Waals surface area contributed by atoms with Gasteiger partial charge in [-0.25, -0.2) is 0 Å². The van der Waals surface area contributed by atoms with Gasteiger partial charge in [0.25, 0.3) is 0 Å². The Bertz CT molecular complexity index is 872. The number of phenols is 1. The van der Waals surface area contributed by atoms with Gasteiger partial charge in [0.15, 0.2) is 17.8 Å². The normalized spacial score (nSPS) is 10.3. The quantitative estimate of drug-likeness (QED) is 0.676. The third-order valence-corrected chi connectivity index (χ3v) is 3.93. The summed E-state index contributed by atoms with van der Waals surface area (Å²) >= 11 is 0. The summed E-state index contributed by atoms with van der Waals surface area (Å²) in [6.45, 7) is 0.413. The minimum atomic E-state index is -0.173. The molecule has 126 valence electrons. The summed E-state index contributed by atoms with van der Waals surface area (Å²) in [6.07, 6.45) is 0.626. The molecular weight excluding hydrogens is 316 g/mol. The van der Waals surface area contributed by atoms with Gasteiger partial charge < -0.3 is 14.6 Å². The Labute approximate surface area is 146 Å². The number of hydrogen-bond acceptors (Lipinski definition) is 4. The number of aldehydes is 1. The molecular formula is C21H18O4. The predicted molar refractivity (Wildman–Crippen MR) is 96.3 cm³/mol. The standard InChI is InChI=1S/C21H18O4/c1-24-20-12-11-16(18(13-22)21(20)23)17-9-5-6-10-19(17)25-14-15-7-3-2-4-8-15/h2-13,23H,14H2,1H3. The summed E-state index contributed by atoms with van der Waals surface area (Å²) in [4.78, 5) is 11.5. The molecule has 0 radical (unpaired) electrons. The van der Waals surface area contributed by atoms with Crippen LogP contribution in [0.15, 0.2) is 66.7 Å². The van der Waals surface area contributed by atoms with E-state index in [1.807, 2.05) is 54.6 Å². The second kappa shape index (κ2) is 7.53. The molecule has 3 rings (SSSR count). The van der Waals surface area contributed by atoms with Crippen LogP contribution in [0.25, 0.3) is 11.1 Å². The van der Waals surface area contributed by atoms with Crippen LogP contribution >= 0.6 is 0 Å². The van der Waals surface area contributed by atoms with E-state index in [2.05, 4.69) is 0 Å². The zero-order chi connectivity index (χ0) is 17.6. The molecule has 0 atom stereocenters. The summed E-state index contributed by atoms with van der Waals surface area (Å²) < 4.78 is 11.0. The van der Waals surface area contributed by atoms with Gasteiger partial charge in [0.1, 0.15) is 12.4 Å². The number of phenolic OH excluding ortho intramolecular Hbond substituents is 1. The molecule has 0 amide bonds. The lowest BCUT2D eigenvalue weighted by molar-refractivity contribution is 0.112. The molecule has 0 aliphatic heterocycles. The smallest absolute Gasteiger partial charge is 0.169 e. The van der Waals surface area contributed by atoms with Crippen molar-refractivity contribution in [1.82, 2.24) is 0 Å². The first-order valence-electron chi connectivity index (χ1n) is 7.86. The molecule has 3 aromatic rings. The van der Waals surface area contributed by atoms with Gasteiger partial charge in [-0.05, 0) is 29.3 Å². The molecule has 0 heterocycles. The number of carbonyl (C=O) groups excluding carboxylic acids is 1. The van der Waals surface area contributed by atoms with E-state index < -0.39 is 0 Å². The molecule has 1 N–H and O–H groups in total. The fourth-order valence-electron chi connectivity index (χ4n) is 2.66. The molecule has 0 unspecified atom stereocenters. The number of para-hydroxylation sites is 1. The lowest BCUT2D eigenvalue weighted by Crippen LogP contribution is -1.98. The van der Waals surface area contributed by atoms with Crippen LogP contribution in [0.2, 0.25) is 0 Å². The summed E-state index contributed by atoms with van der Waals surface area (Å²) in [6, 6.07) is 20.6. The number of benzene rings is 3. The molecule has 3 aromatic carbocycles. The second-order valence-electron chi connectivity index (χ2n) is 5.47. The van der Waals surface area contributed by atoms with Gasteiger partial charge in [0.05, 0.1) is 12.7 Å². The SMILES string of the molecule is COc1ccc(-c2ccccc2OCc2ccccc2)c(C=O)c1O. The average molecular weight is 334 g/mol.